The molecule has 1 aliphatic carbocycles. The number of carboxylic acid groups (broad SMARTS) is 4. The van der Waals surface area contributed by atoms with E-state index in [0.717, 1.165) is 0 Å². The summed E-state index contributed by atoms with van der Waals surface area (Å²) in [5.41, 5.74) is 0. The van der Waals surface area contributed by atoms with E-state index in [-0.39, 0.29) is 24.7 Å². The van der Waals surface area contributed by atoms with Crippen molar-refractivity contribution >= 4 is 23.9 Å². The maximum Gasteiger partial charge on any atom is 0.317 e. The molecule has 4 unspecified atom stereocenters. The van der Waals surface area contributed by atoms with Gasteiger partial charge in [-0.3, -0.25) is 19.2 Å². The number of aliphatic carboxylic acids is 4. The molecule has 0 aromatic carbocycles. The van der Waals surface area contributed by atoms with Gasteiger partial charge in [0.15, 0.2) is 11.8 Å². The van der Waals surface area contributed by atoms with Gasteiger partial charge >= 0.3 is 23.9 Å². The third-order valence-electron chi connectivity index (χ3n) is 4.83. The van der Waals surface area contributed by atoms with Gasteiger partial charge in [0.05, 0.1) is 0 Å². The molecule has 0 radical (unpaired) electrons. The lowest BCUT2D eigenvalue weighted by Crippen LogP contribution is -2.38. The Morgan fingerprint density at radius 1 is 0.708 bits per heavy atom. The molecule has 0 aromatic rings. The van der Waals surface area contributed by atoms with Crippen LogP contribution in [0.5, 0.6) is 0 Å². The Labute approximate surface area is 138 Å². The molecule has 4 atom stereocenters. The average Bonchev–Trinajstić information content (AvgIpc) is 2.45. The number of rotatable bonds is 8. The molecule has 1 aliphatic rings. The van der Waals surface area contributed by atoms with Crippen molar-refractivity contribution in [3.63, 3.8) is 0 Å². The van der Waals surface area contributed by atoms with E-state index in [1.165, 1.54) is 0 Å². The fourth-order valence-electron chi connectivity index (χ4n) is 3.35. The van der Waals surface area contributed by atoms with E-state index in [1.807, 2.05) is 12.2 Å². The lowest BCUT2D eigenvalue weighted by Gasteiger charge is -2.38. The number of hydrogen-bond donors (Lipinski definition) is 4. The minimum absolute atomic E-state index is 0.170. The van der Waals surface area contributed by atoms with Gasteiger partial charge in [0.1, 0.15) is 0 Å². The molecule has 4 N–H and O–H groups in total. The van der Waals surface area contributed by atoms with Crippen molar-refractivity contribution < 1.29 is 39.6 Å². The van der Waals surface area contributed by atoms with Gasteiger partial charge in [-0.25, -0.2) is 0 Å². The van der Waals surface area contributed by atoms with Gasteiger partial charge in [0, 0.05) is 0 Å². The number of carboxylic acids is 4. The Balaban J connectivity index is 3.10. The predicted molar refractivity (Wildman–Crippen MR) is 81.2 cm³/mol. The molecule has 0 saturated heterocycles. The SMILES string of the molecule is CC1C=CC(C)C(CC(C(=O)O)C(=O)O)C1CC(C(=O)O)C(=O)O. The fraction of sp³-hybridized carbons (Fsp3) is 0.625. The van der Waals surface area contributed by atoms with Crippen molar-refractivity contribution in [1.82, 2.24) is 0 Å². The monoisotopic (exact) mass is 342 g/mol. The van der Waals surface area contributed by atoms with Gasteiger partial charge in [-0.1, -0.05) is 26.0 Å². The van der Waals surface area contributed by atoms with Crippen LogP contribution in [0.2, 0.25) is 0 Å². The summed E-state index contributed by atoms with van der Waals surface area (Å²) in [5.74, 6) is -10.2. The summed E-state index contributed by atoms with van der Waals surface area (Å²) < 4.78 is 0. The van der Waals surface area contributed by atoms with Crippen LogP contribution in [-0.4, -0.2) is 44.3 Å². The molecule has 0 aliphatic heterocycles. The van der Waals surface area contributed by atoms with Crippen molar-refractivity contribution in [2.45, 2.75) is 26.7 Å². The van der Waals surface area contributed by atoms with Gasteiger partial charge in [-0.05, 0) is 36.5 Å². The minimum atomic E-state index is -1.60. The largest absolute Gasteiger partial charge is 0.481 e. The first-order valence-electron chi connectivity index (χ1n) is 7.65. The summed E-state index contributed by atoms with van der Waals surface area (Å²) in [5, 5.41) is 36.3. The molecule has 0 aromatic heterocycles. The Hall–Kier alpha value is -2.38. The summed E-state index contributed by atoms with van der Waals surface area (Å²) in [4.78, 5) is 44.6. The van der Waals surface area contributed by atoms with Crippen molar-refractivity contribution in [3.05, 3.63) is 12.2 Å². The lowest BCUT2D eigenvalue weighted by atomic mass is 9.65. The molecular formula is C16H22O8. The average molecular weight is 342 g/mol. The van der Waals surface area contributed by atoms with Crippen LogP contribution in [0.25, 0.3) is 0 Å². The topological polar surface area (TPSA) is 149 Å². The molecule has 134 valence electrons. The molecule has 0 heterocycles. The van der Waals surface area contributed by atoms with E-state index in [2.05, 4.69) is 0 Å². The second-order valence-corrected chi connectivity index (χ2v) is 6.36. The third-order valence-corrected chi connectivity index (χ3v) is 4.83. The Morgan fingerprint density at radius 2 is 0.958 bits per heavy atom. The lowest BCUT2D eigenvalue weighted by molar-refractivity contribution is -0.159. The summed E-state index contributed by atoms with van der Waals surface area (Å²) in [6.45, 7) is 3.58. The summed E-state index contributed by atoms with van der Waals surface area (Å²) in [6.07, 6.45) is 3.33. The highest BCUT2D eigenvalue weighted by molar-refractivity contribution is 5.93. The van der Waals surface area contributed by atoms with Crippen LogP contribution < -0.4 is 0 Å². The normalized spacial score (nSPS) is 26.5. The van der Waals surface area contributed by atoms with Crippen LogP contribution in [0.1, 0.15) is 26.7 Å². The molecule has 24 heavy (non-hydrogen) atoms. The molecule has 0 fully saturated rings. The Kier molecular flexibility index (Phi) is 6.51. The zero-order chi connectivity index (χ0) is 18.6. The first-order chi connectivity index (χ1) is 11.1. The van der Waals surface area contributed by atoms with E-state index in [9.17, 15) is 19.2 Å². The molecule has 0 amide bonds. The minimum Gasteiger partial charge on any atom is -0.481 e. The smallest absolute Gasteiger partial charge is 0.317 e. The zero-order valence-electron chi connectivity index (χ0n) is 13.5. The summed E-state index contributed by atoms with van der Waals surface area (Å²) in [6, 6.07) is 0. The van der Waals surface area contributed by atoms with Gasteiger partial charge in [-0.2, -0.15) is 0 Å². The van der Waals surface area contributed by atoms with Crippen LogP contribution in [0.3, 0.4) is 0 Å². The van der Waals surface area contributed by atoms with Crippen LogP contribution in [0.4, 0.5) is 0 Å². The number of hydrogen-bond acceptors (Lipinski definition) is 4. The first-order valence-corrected chi connectivity index (χ1v) is 7.65. The van der Waals surface area contributed by atoms with Crippen LogP contribution in [0, 0.1) is 35.5 Å². The van der Waals surface area contributed by atoms with E-state index < -0.39 is 47.5 Å². The molecule has 8 heteroatoms. The van der Waals surface area contributed by atoms with Crippen molar-refractivity contribution in [2.75, 3.05) is 0 Å². The maximum atomic E-state index is 11.2. The van der Waals surface area contributed by atoms with Gasteiger partial charge in [0.25, 0.3) is 0 Å². The van der Waals surface area contributed by atoms with Crippen LogP contribution in [0.15, 0.2) is 12.2 Å². The standard InChI is InChI=1S/C16H22O8/c1-7-3-4-8(2)10(6-12(15(21)22)16(23)24)9(7)5-11(13(17)18)14(19)20/h3-4,7-12H,5-6H2,1-2H3,(H,17,18)(H,19,20)(H,21,22)(H,23,24). The maximum absolute atomic E-state index is 11.2. The Morgan fingerprint density at radius 3 is 1.17 bits per heavy atom. The van der Waals surface area contributed by atoms with Crippen LogP contribution >= 0.6 is 0 Å². The predicted octanol–water partition coefficient (Wildman–Crippen LogP) is 1.41. The quantitative estimate of drug-likeness (QED) is 0.382. The highest BCUT2D eigenvalue weighted by Gasteiger charge is 2.41. The van der Waals surface area contributed by atoms with E-state index in [4.69, 9.17) is 20.4 Å². The summed E-state index contributed by atoms with van der Waals surface area (Å²) >= 11 is 0. The van der Waals surface area contributed by atoms with Crippen molar-refractivity contribution in [1.29, 1.82) is 0 Å². The molecular weight excluding hydrogens is 320 g/mol. The van der Waals surface area contributed by atoms with E-state index in [0.29, 0.717) is 0 Å². The molecule has 8 nitrogen and oxygen atoms in total. The van der Waals surface area contributed by atoms with Crippen molar-refractivity contribution in [2.24, 2.45) is 35.5 Å². The van der Waals surface area contributed by atoms with Crippen molar-refractivity contribution in [3.8, 4) is 0 Å². The molecule has 0 bridgehead atoms. The van der Waals surface area contributed by atoms with E-state index in [1.54, 1.807) is 13.8 Å². The zero-order valence-corrected chi connectivity index (χ0v) is 13.5. The fourth-order valence-corrected chi connectivity index (χ4v) is 3.35. The van der Waals surface area contributed by atoms with E-state index >= 15 is 0 Å². The first kappa shape index (κ1) is 19.7. The highest BCUT2D eigenvalue weighted by Crippen LogP contribution is 2.41. The number of allylic oxidation sites excluding steroid dienone is 2. The molecule has 0 saturated carbocycles. The van der Waals surface area contributed by atoms with Gasteiger partial charge in [0.2, 0.25) is 0 Å². The highest BCUT2D eigenvalue weighted by atomic mass is 16.4. The molecule has 1 rings (SSSR count). The second kappa shape index (κ2) is 7.94. The number of carbonyl (C=O) groups is 4. The van der Waals surface area contributed by atoms with Crippen LogP contribution in [-0.2, 0) is 19.2 Å². The third kappa shape index (κ3) is 4.56. The van der Waals surface area contributed by atoms with Gasteiger partial charge in [-0.15, -0.1) is 0 Å². The second-order valence-electron chi connectivity index (χ2n) is 6.36. The van der Waals surface area contributed by atoms with Gasteiger partial charge < -0.3 is 20.4 Å². The summed E-state index contributed by atoms with van der Waals surface area (Å²) in [7, 11) is 0. The molecule has 0 spiro atoms. The Bertz CT molecular complexity index is 476.